The average Bonchev–Trinajstić information content (AvgIpc) is 3.14. The monoisotopic (exact) mass is 359 g/mol. The van der Waals surface area contributed by atoms with Crippen molar-refractivity contribution in [2.75, 3.05) is 13.1 Å². The van der Waals surface area contributed by atoms with Gasteiger partial charge in [-0.25, -0.2) is 0 Å². The van der Waals surface area contributed by atoms with Crippen LogP contribution in [0, 0.1) is 39.9 Å². The number of fused-ring (bicyclic) bond motifs is 1. The molecule has 5 aliphatic carbocycles. The lowest BCUT2D eigenvalue weighted by atomic mass is 9.43. The lowest BCUT2D eigenvalue weighted by Crippen LogP contribution is -2.68. The Morgan fingerprint density at radius 3 is 2.69 bits per heavy atom. The van der Waals surface area contributed by atoms with Crippen molar-refractivity contribution in [2.45, 2.75) is 70.3 Å². The highest BCUT2D eigenvalue weighted by Crippen LogP contribution is 2.83. The molecule has 1 heterocycles. The predicted octanol–water partition coefficient (Wildman–Crippen LogP) is 1.79. The summed E-state index contributed by atoms with van der Waals surface area (Å²) in [4.78, 5) is 2.65. The summed E-state index contributed by atoms with van der Waals surface area (Å²) >= 11 is 0. The van der Waals surface area contributed by atoms with Crippen LogP contribution in [0.4, 0.5) is 0 Å². The molecule has 0 aromatic rings. The van der Waals surface area contributed by atoms with Gasteiger partial charge in [-0.1, -0.05) is 20.4 Å². The second kappa shape index (κ2) is 4.59. The van der Waals surface area contributed by atoms with Crippen LogP contribution in [0.25, 0.3) is 0 Å². The number of likely N-dealkylation sites (tertiary alicyclic amines) is 1. The van der Waals surface area contributed by atoms with E-state index in [0.717, 1.165) is 50.8 Å². The van der Waals surface area contributed by atoms with Gasteiger partial charge in [-0.2, -0.15) is 0 Å². The summed E-state index contributed by atoms with van der Waals surface area (Å²) in [5, 5.41) is 33.8. The molecule has 11 atom stereocenters. The summed E-state index contributed by atoms with van der Waals surface area (Å²) < 4.78 is 0. The Hall–Kier alpha value is -0.420. The molecule has 4 nitrogen and oxygen atoms in total. The molecule has 6 aliphatic rings. The summed E-state index contributed by atoms with van der Waals surface area (Å²) in [6, 6.07) is 0.373. The van der Waals surface area contributed by atoms with Gasteiger partial charge in [0, 0.05) is 29.3 Å². The Balaban J connectivity index is 1.61. The Kier molecular flexibility index (Phi) is 2.92. The van der Waals surface area contributed by atoms with Crippen molar-refractivity contribution < 1.29 is 15.3 Å². The number of aliphatic hydroxyl groups is 3. The molecule has 0 aromatic carbocycles. The molecule has 0 radical (unpaired) electrons. The van der Waals surface area contributed by atoms with Crippen LogP contribution in [0.5, 0.6) is 0 Å². The van der Waals surface area contributed by atoms with Gasteiger partial charge in [0.05, 0.1) is 18.3 Å². The molecule has 7 bridgehead atoms. The lowest BCUT2D eigenvalue weighted by molar-refractivity contribution is -0.218. The van der Waals surface area contributed by atoms with Gasteiger partial charge in [0.1, 0.15) is 0 Å². The van der Waals surface area contributed by atoms with E-state index in [1.165, 1.54) is 0 Å². The fraction of sp³-hybridized carbons (Fsp3) is 0.909. The molecule has 1 aliphatic heterocycles. The average molecular weight is 360 g/mol. The highest BCUT2D eigenvalue weighted by molar-refractivity contribution is 5.39. The van der Waals surface area contributed by atoms with E-state index in [2.05, 4.69) is 25.3 Å². The van der Waals surface area contributed by atoms with Crippen molar-refractivity contribution in [2.24, 2.45) is 39.9 Å². The smallest absolute Gasteiger partial charge is 0.0813 e. The van der Waals surface area contributed by atoms with E-state index in [-0.39, 0.29) is 34.2 Å². The minimum absolute atomic E-state index is 0.0547. The minimum atomic E-state index is -0.500. The maximum atomic E-state index is 11.5. The first kappa shape index (κ1) is 16.5. The third kappa shape index (κ3) is 1.37. The van der Waals surface area contributed by atoms with Crippen LogP contribution in [-0.2, 0) is 0 Å². The van der Waals surface area contributed by atoms with Gasteiger partial charge in [-0.15, -0.1) is 0 Å². The van der Waals surface area contributed by atoms with Crippen molar-refractivity contribution in [3.05, 3.63) is 12.2 Å². The van der Waals surface area contributed by atoms with Gasteiger partial charge < -0.3 is 15.3 Å². The van der Waals surface area contributed by atoms with E-state index in [0.29, 0.717) is 17.9 Å². The second-order valence-corrected chi connectivity index (χ2v) is 10.9. The fourth-order valence-corrected chi connectivity index (χ4v) is 9.97. The zero-order valence-corrected chi connectivity index (χ0v) is 16.1. The highest BCUT2D eigenvalue weighted by atomic mass is 16.3. The van der Waals surface area contributed by atoms with Crippen LogP contribution in [-0.4, -0.2) is 57.7 Å². The zero-order chi connectivity index (χ0) is 18.2. The first-order valence-electron chi connectivity index (χ1n) is 10.8. The quantitative estimate of drug-likeness (QED) is 0.625. The first-order valence-corrected chi connectivity index (χ1v) is 10.8. The molecular formula is C22H33NO3. The van der Waals surface area contributed by atoms with Crippen LogP contribution in [0.1, 0.15) is 46.0 Å². The molecule has 4 unspecified atom stereocenters. The number of hydrogen-bond donors (Lipinski definition) is 3. The molecule has 26 heavy (non-hydrogen) atoms. The third-order valence-corrected chi connectivity index (χ3v) is 10.6. The lowest BCUT2D eigenvalue weighted by Gasteiger charge is -2.65. The summed E-state index contributed by atoms with van der Waals surface area (Å²) in [7, 11) is 0. The van der Waals surface area contributed by atoms with Crippen LogP contribution < -0.4 is 0 Å². The number of hydrogen-bond acceptors (Lipinski definition) is 4. The molecule has 4 heteroatoms. The van der Waals surface area contributed by atoms with Crippen molar-refractivity contribution in [3.8, 4) is 0 Å². The molecule has 144 valence electrons. The maximum absolute atomic E-state index is 11.5. The highest BCUT2D eigenvalue weighted by Gasteiger charge is 2.85. The Morgan fingerprint density at radius 1 is 1.19 bits per heavy atom. The number of aliphatic hydroxyl groups excluding tert-OH is 3. The summed E-state index contributed by atoms with van der Waals surface area (Å²) in [6.45, 7) is 11.1. The van der Waals surface area contributed by atoms with Crippen LogP contribution in [0.2, 0.25) is 0 Å². The molecular weight excluding hydrogens is 326 g/mol. The molecule has 6 fully saturated rings. The van der Waals surface area contributed by atoms with E-state index in [9.17, 15) is 15.3 Å². The minimum Gasteiger partial charge on any atom is -0.392 e. The van der Waals surface area contributed by atoms with Crippen molar-refractivity contribution in [1.82, 2.24) is 4.90 Å². The molecule has 2 spiro atoms. The molecule has 0 amide bonds. The maximum Gasteiger partial charge on any atom is 0.0813 e. The van der Waals surface area contributed by atoms with Gasteiger partial charge in [0.2, 0.25) is 0 Å². The van der Waals surface area contributed by atoms with Gasteiger partial charge in [-0.05, 0) is 67.4 Å². The summed E-state index contributed by atoms with van der Waals surface area (Å²) in [6.07, 6.45) is 3.58. The van der Waals surface area contributed by atoms with Crippen molar-refractivity contribution >= 4 is 0 Å². The van der Waals surface area contributed by atoms with E-state index >= 15 is 0 Å². The van der Waals surface area contributed by atoms with Gasteiger partial charge in [0.15, 0.2) is 0 Å². The van der Waals surface area contributed by atoms with E-state index in [1.54, 1.807) is 0 Å². The first-order chi connectivity index (χ1) is 12.3. The Morgan fingerprint density at radius 2 is 1.96 bits per heavy atom. The topological polar surface area (TPSA) is 63.9 Å². The van der Waals surface area contributed by atoms with Gasteiger partial charge >= 0.3 is 0 Å². The number of nitrogens with zero attached hydrogens (tertiary/aromatic N) is 1. The van der Waals surface area contributed by atoms with E-state index in [1.807, 2.05) is 0 Å². The van der Waals surface area contributed by atoms with Crippen LogP contribution >= 0.6 is 0 Å². The van der Waals surface area contributed by atoms with Crippen LogP contribution in [0.3, 0.4) is 0 Å². The Labute approximate surface area is 156 Å². The largest absolute Gasteiger partial charge is 0.392 e. The number of rotatable bonds is 1. The molecule has 5 saturated carbocycles. The molecule has 6 rings (SSSR count). The Bertz CT molecular complexity index is 695. The molecule has 0 aromatic heterocycles. The SMILES string of the molecule is C=C1[C@H]2C[C@@]3(C4C[C@H]5C6(C(O)CC[C@@]5(C)CN(CC)C46)[C@@H]3C[C@H]2O)[C@@H]1O. The third-order valence-electron chi connectivity index (χ3n) is 10.6. The number of piperidine rings is 1. The van der Waals surface area contributed by atoms with E-state index < -0.39 is 12.2 Å². The normalized spacial score (nSPS) is 65.5. The fourth-order valence-electron chi connectivity index (χ4n) is 9.97. The zero-order valence-electron chi connectivity index (χ0n) is 16.1. The van der Waals surface area contributed by atoms with Gasteiger partial charge in [0.25, 0.3) is 0 Å². The second-order valence-electron chi connectivity index (χ2n) is 10.9. The van der Waals surface area contributed by atoms with Crippen molar-refractivity contribution in [1.29, 1.82) is 0 Å². The van der Waals surface area contributed by atoms with Crippen LogP contribution in [0.15, 0.2) is 12.2 Å². The summed E-state index contributed by atoms with van der Waals surface area (Å²) in [5.74, 6) is 1.26. The molecule has 3 N–H and O–H groups in total. The predicted molar refractivity (Wildman–Crippen MR) is 98.2 cm³/mol. The van der Waals surface area contributed by atoms with Crippen molar-refractivity contribution in [3.63, 3.8) is 0 Å². The standard InChI is InChI=1S/C22H33NO3/c1-4-23-10-20(3)6-5-17(25)22-15(20)7-13(18(22)23)21-9-12(11(2)19(21)26)14(24)8-16(21)22/h12-19,24-26H,2,4-10H2,1,3H3/t12-,13?,14-,15-,16-,17?,18?,19-,20+,21+,22?/m1/s1. The van der Waals surface area contributed by atoms with E-state index in [4.69, 9.17) is 0 Å². The molecule has 1 saturated heterocycles. The van der Waals surface area contributed by atoms with Gasteiger partial charge in [-0.3, -0.25) is 4.90 Å². The summed E-state index contributed by atoms with van der Waals surface area (Å²) in [5.41, 5.74) is 0.849.